The minimum atomic E-state index is 0.887. The van der Waals surface area contributed by atoms with Gasteiger partial charge in [-0.2, -0.15) is 0 Å². The van der Waals surface area contributed by atoms with Gasteiger partial charge in [0.1, 0.15) is 11.6 Å². The van der Waals surface area contributed by atoms with Crippen LogP contribution in [0.3, 0.4) is 0 Å². The Labute approximate surface area is 101 Å². The Bertz CT molecular complexity index is 490. The first-order chi connectivity index (χ1) is 8.36. The summed E-state index contributed by atoms with van der Waals surface area (Å²) in [5, 5.41) is 0. The molecular weight excluding hydrogens is 212 g/mol. The lowest BCUT2D eigenvalue weighted by atomic mass is 10.2. The van der Waals surface area contributed by atoms with Gasteiger partial charge in [0.25, 0.3) is 0 Å². The molecule has 0 atom stereocenters. The van der Waals surface area contributed by atoms with Crippen LogP contribution in [0, 0.1) is 0 Å². The van der Waals surface area contributed by atoms with Crippen molar-refractivity contribution in [2.75, 3.05) is 7.11 Å². The molecule has 2 heterocycles. The van der Waals surface area contributed by atoms with Crippen LogP contribution in [0.4, 0.5) is 0 Å². The summed E-state index contributed by atoms with van der Waals surface area (Å²) in [6.45, 7) is 1.11. The molecule has 0 fully saturated rings. The van der Waals surface area contributed by atoms with Gasteiger partial charge in [0.15, 0.2) is 0 Å². The van der Waals surface area contributed by atoms with Gasteiger partial charge in [0.2, 0.25) is 0 Å². The van der Waals surface area contributed by atoms with E-state index in [2.05, 4.69) is 22.9 Å². The molecular formula is C14H16N2O. The summed E-state index contributed by atoms with van der Waals surface area (Å²) in [4.78, 5) is 4.70. The number of methoxy groups -OCH3 is 1. The number of rotatable bonds is 2. The normalized spacial score (nSPS) is 14.4. The first kappa shape index (κ1) is 10.4. The second kappa shape index (κ2) is 4.24. The van der Waals surface area contributed by atoms with Crippen molar-refractivity contribution < 1.29 is 4.74 Å². The molecule has 1 aromatic heterocycles. The molecule has 0 spiro atoms. The fourth-order valence-electron chi connectivity index (χ4n) is 2.31. The smallest absolute Gasteiger partial charge is 0.118 e. The summed E-state index contributed by atoms with van der Waals surface area (Å²) in [6.07, 6.45) is 5.80. The molecule has 0 unspecified atom stereocenters. The van der Waals surface area contributed by atoms with E-state index in [1.54, 1.807) is 7.11 Å². The molecule has 3 rings (SSSR count). The highest BCUT2D eigenvalue weighted by molar-refractivity contribution is 5.59. The third-order valence-corrected chi connectivity index (χ3v) is 3.29. The van der Waals surface area contributed by atoms with Gasteiger partial charge in [0.05, 0.1) is 12.8 Å². The van der Waals surface area contributed by atoms with Gasteiger partial charge in [-0.1, -0.05) is 0 Å². The third-order valence-electron chi connectivity index (χ3n) is 3.29. The topological polar surface area (TPSA) is 27.1 Å². The average molecular weight is 228 g/mol. The molecule has 0 saturated heterocycles. The molecule has 88 valence electrons. The van der Waals surface area contributed by atoms with E-state index in [0.717, 1.165) is 30.0 Å². The van der Waals surface area contributed by atoms with Crippen molar-refractivity contribution in [1.82, 2.24) is 9.55 Å². The van der Waals surface area contributed by atoms with E-state index >= 15 is 0 Å². The molecule has 3 heteroatoms. The van der Waals surface area contributed by atoms with Crippen molar-refractivity contribution in [3.8, 4) is 17.0 Å². The zero-order valence-electron chi connectivity index (χ0n) is 10.0. The zero-order valence-corrected chi connectivity index (χ0v) is 10.0. The number of fused-ring (bicyclic) bond motifs is 1. The average Bonchev–Trinajstić information content (AvgIpc) is 2.82. The van der Waals surface area contributed by atoms with Crippen LogP contribution in [0.5, 0.6) is 5.75 Å². The monoisotopic (exact) mass is 228 g/mol. The lowest BCUT2D eigenvalue weighted by molar-refractivity contribution is 0.415. The van der Waals surface area contributed by atoms with Crippen LogP contribution >= 0.6 is 0 Å². The maximum absolute atomic E-state index is 5.16. The summed E-state index contributed by atoms with van der Waals surface area (Å²) < 4.78 is 7.44. The van der Waals surface area contributed by atoms with Gasteiger partial charge in [-0.25, -0.2) is 4.98 Å². The van der Waals surface area contributed by atoms with Crippen LogP contribution in [0.1, 0.15) is 18.7 Å². The SMILES string of the molecule is COc1ccc(-c2cn3c(n2)CCCC3)cc1. The molecule has 0 N–H and O–H groups in total. The van der Waals surface area contributed by atoms with E-state index in [-0.39, 0.29) is 0 Å². The molecule has 1 aromatic carbocycles. The molecule has 1 aliphatic heterocycles. The fraction of sp³-hybridized carbons (Fsp3) is 0.357. The maximum atomic E-state index is 5.16. The van der Waals surface area contributed by atoms with E-state index in [0.29, 0.717) is 0 Å². The second-order valence-corrected chi connectivity index (χ2v) is 4.42. The Kier molecular flexibility index (Phi) is 2.59. The van der Waals surface area contributed by atoms with Crippen molar-refractivity contribution in [3.05, 3.63) is 36.3 Å². The van der Waals surface area contributed by atoms with Crippen molar-refractivity contribution in [2.24, 2.45) is 0 Å². The van der Waals surface area contributed by atoms with Crippen LogP contribution in [0.15, 0.2) is 30.5 Å². The standard InChI is InChI=1S/C14H16N2O/c1-17-12-7-5-11(6-8-12)13-10-16-9-3-2-4-14(16)15-13/h5-8,10H,2-4,9H2,1H3. The summed E-state index contributed by atoms with van der Waals surface area (Å²) in [6, 6.07) is 8.09. The van der Waals surface area contributed by atoms with Gasteiger partial charge < -0.3 is 9.30 Å². The Morgan fingerprint density at radius 3 is 2.71 bits per heavy atom. The van der Waals surface area contributed by atoms with E-state index in [1.165, 1.54) is 18.7 Å². The Balaban J connectivity index is 1.94. The quantitative estimate of drug-likeness (QED) is 0.790. The molecule has 0 aliphatic carbocycles. The van der Waals surface area contributed by atoms with Crippen molar-refractivity contribution in [2.45, 2.75) is 25.8 Å². The van der Waals surface area contributed by atoms with E-state index in [4.69, 9.17) is 9.72 Å². The third kappa shape index (κ3) is 1.93. The number of aryl methyl sites for hydroxylation is 2. The van der Waals surface area contributed by atoms with Gasteiger partial charge >= 0.3 is 0 Å². The number of benzene rings is 1. The molecule has 0 bridgehead atoms. The largest absolute Gasteiger partial charge is 0.497 e. The van der Waals surface area contributed by atoms with Crippen LogP contribution in [-0.2, 0) is 13.0 Å². The molecule has 0 amide bonds. The summed E-state index contributed by atoms with van der Waals surface area (Å²) >= 11 is 0. The summed E-state index contributed by atoms with van der Waals surface area (Å²) in [5.74, 6) is 2.11. The van der Waals surface area contributed by atoms with E-state index in [1.807, 2.05) is 12.1 Å². The number of hydrogen-bond donors (Lipinski definition) is 0. The van der Waals surface area contributed by atoms with E-state index in [9.17, 15) is 0 Å². The predicted molar refractivity (Wildman–Crippen MR) is 67.2 cm³/mol. The number of aromatic nitrogens is 2. The maximum Gasteiger partial charge on any atom is 0.118 e. The van der Waals surface area contributed by atoms with Crippen LogP contribution in [0.25, 0.3) is 11.3 Å². The molecule has 0 radical (unpaired) electrons. The minimum Gasteiger partial charge on any atom is -0.497 e. The van der Waals surface area contributed by atoms with Crippen LogP contribution in [0.2, 0.25) is 0 Å². The highest BCUT2D eigenvalue weighted by Crippen LogP contribution is 2.24. The summed E-state index contributed by atoms with van der Waals surface area (Å²) in [5.41, 5.74) is 2.23. The molecule has 0 saturated carbocycles. The number of nitrogens with zero attached hydrogens (tertiary/aromatic N) is 2. The van der Waals surface area contributed by atoms with Gasteiger partial charge in [-0.3, -0.25) is 0 Å². The van der Waals surface area contributed by atoms with Crippen LogP contribution in [-0.4, -0.2) is 16.7 Å². The van der Waals surface area contributed by atoms with Gasteiger partial charge in [-0.05, 0) is 37.1 Å². The second-order valence-electron chi connectivity index (χ2n) is 4.42. The predicted octanol–water partition coefficient (Wildman–Crippen LogP) is 2.90. The van der Waals surface area contributed by atoms with Crippen molar-refractivity contribution >= 4 is 0 Å². The number of hydrogen-bond acceptors (Lipinski definition) is 2. The lowest BCUT2D eigenvalue weighted by Crippen LogP contribution is -2.08. The minimum absolute atomic E-state index is 0.887. The highest BCUT2D eigenvalue weighted by atomic mass is 16.5. The van der Waals surface area contributed by atoms with Crippen molar-refractivity contribution in [1.29, 1.82) is 0 Å². The van der Waals surface area contributed by atoms with E-state index < -0.39 is 0 Å². The number of ether oxygens (including phenoxy) is 1. The van der Waals surface area contributed by atoms with Crippen LogP contribution < -0.4 is 4.74 Å². The molecule has 17 heavy (non-hydrogen) atoms. The number of imidazole rings is 1. The Morgan fingerprint density at radius 1 is 1.18 bits per heavy atom. The molecule has 1 aliphatic rings. The molecule has 3 nitrogen and oxygen atoms in total. The lowest BCUT2D eigenvalue weighted by Gasteiger charge is -2.11. The Hall–Kier alpha value is -1.77. The van der Waals surface area contributed by atoms with Gasteiger partial charge in [-0.15, -0.1) is 0 Å². The fourth-order valence-corrected chi connectivity index (χ4v) is 2.31. The van der Waals surface area contributed by atoms with Gasteiger partial charge in [0, 0.05) is 24.7 Å². The van der Waals surface area contributed by atoms with Crippen molar-refractivity contribution in [3.63, 3.8) is 0 Å². The first-order valence-electron chi connectivity index (χ1n) is 6.07. The first-order valence-corrected chi connectivity index (χ1v) is 6.07. The highest BCUT2D eigenvalue weighted by Gasteiger charge is 2.12. The Morgan fingerprint density at radius 2 is 2.00 bits per heavy atom. The zero-order chi connectivity index (χ0) is 11.7. The summed E-state index contributed by atoms with van der Waals surface area (Å²) in [7, 11) is 1.68. The molecule has 2 aromatic rings.